The Morgan fingerprint density at radius 2 is 2.15 bits per heavy atom. The van der Waals surface area contributed by atoms with Gasteiger partial charge in [0.25, 0.3) is 0 Å². The first kappa shape index (κ1) is 15.4. The molecule has 0 saturated heterocycles. The molecule has 0 fully saturated rings. The normalized spacial score (nSPS) is 12.4. The minimum absolute atomic E-state index is 0.0948. The highest BCUT2D eigenvalue weighted by molar-refractivity contribution is 9.10. The summed E-state index contributed by atoms with van der Waals surface area (Å²) < 4.78 is 14.8. The lowest BCUT2D eigenvalue weighted by molar-refractivity contribution is 0.506. The van der Waals surface area contributed by atoms with Crippen molar-refractivity contribution in [2.45, 2.75) is 18.9 Å². The summed E-state index contributed by atoms with van der Waals surface area (Å²) in [5.74, 6) is -0.374. The Morgan fingerprint density at radius 1 is 1.35 bits per heavy atom. The number of rotatable bonds is 5. The van der Waals surface area contributed by atoms with Crippen LogP contribution in [0.3, 0.4) is 0 Å². The van der Waals surface area contributed by atoms with Crippen molar-refractivity contribution < 1.29 is 4.39 Å². The van der Waals surface area contributed by atoms with Crippen LogP contribution in [-0.4, -0.2) is 12.0 Å². The molecule has 0 spiro atoms. The molecule has 1 heterocycles. The van der Waals surface area contributed by atoms with Crippen molar-refractivity contribution in [2.24, 2.45) is 0 Å². The van der Waals surface area contributed by atoms with Crippen molar-refractivity contribution in [3.63, 3.8) is 0 Å². The molecule has 0 amide bonds. The molecule has 0 bridgehead atoms. The van der Waals surface area contributed by atoms with Crippen LogP contribution in [-0.2, 0) is 6.42 Å². The predicted molar refractivity (Wildman–Crippen MR) is 83.5 cm³/mol. The minimum Gasteiger partial charge on any atom is -0.313 e. The van der Waals surface area contributed by atoms with Crippen LogP contribution in [0, 0.1) is 5.82 Å². The summed E-state index contributed by atoms with van der Waals surface area (Å²) in [6.07, 6.45) is 3.29. The maximum Gasteiger partial charge on any atom is 0.147 e. The average Bonchev–Trinajstić information content (AvgIpc) is 2.48. The van der Waals surface area contributed by atoms with Gasteiger partial charge < -0.3 is 5.32 Å². The van der Waals surface area contributed by atoms with Crippen molar-refractivity contribution in [3.05, 3.63) is 63.1 Å². The SMILES string of the molecule is CNC(CCc1ccccn1)c1ccc(Br)c(Cl)c1F. The summed E-state index contributed by atoms with van der Waals surface area (Å²) in [5, 5.41) is 3.26. The van der Waals surface area contributed by atoms with Gasteiger partial charge in [-0.05, 0) is 54.0 Å². The molecule has 5 heteroatoms. The van der Waals surface area contributed by atoms with Gasteiger partial charge in [-0.25, -0.2) is 4.39 Å². The third kappa shape index (κ3) is 3.57. The molecule has 0 saturated carbocycles. The fourth-order valence-corrected chi connectivity index (χ4v) is 2.58. The molecule has 2 aromatic rings. The Kier molecular flexibility index (Phi) is 5.52. The summed E-state index contributed by atoms with van der Waals surface area (Å²) >= 11 is 9.16. The minimum atomic E-state index is -0.374. The van der Waals surface area contributed by atoms with E-state index < -0.39 is 0 Å². The van der Waals surface area contributed by atoms with E-state index in [0.29, 0.717) is 10.0 Å². The number of aromatic nitrogens is 1. The number of nitrogens with zero attached hydrogens (tertiary/aromatic N) is 1. The van der Waals surface area contributed by atoms with E-state index in [9.17, 15) is 4.39 Å². The van der Waals surface area contributed by atoms with Crippen molar-refractivity contribution in [3.8, 4) is 0 Å². The zero-order valence-corrected chi connectivity index (χ0v) is 13.4. The van der Waals surface area contributed by atoms with E-state index in [1.54, 1.807) is 18.3 Å². The van der Waals surface area contributed by atoms with Gasteiger partial charge in [-0.2, -0.15) is 0 Å². The summed E-state index contributed by atoms with van der Waals surface area (Å²) in [6, 6.07) is 9.23. The first-order valence-electron chi connectivity index (χ1n) is 6.34. The number of halogens is 3. The van der Waals surface area contributed by atoms with E-state index in [1.165, 1.54) is 0 Å². The van der Waals surface area contributed by atoms with Crippen molar-refractivity contribution >= 4 is 27.5 Å². The van der Waals surface area contributed by atoms with Gasteiger partial charge in [-0.1, -0.05) is 23.7 Å². The largest absolute Gasteiger partial charge is 0.313 e. The predicted octanol–water partition coefficient (Wildman–Crippen LogP) is 4.53. The molecule has 0 aliphatic heterocycles. The lowest BCUT2D eigenvalue weighted by atomic mass is 10.0. The van der Waals surface area contributed by atoms with E-state index in [-0.39, 0.29) is 16.9 Å². The van der Waals surface area contributed by atoms with Gasteiger partial charge >= 0.3 is 0 Å². The molecule has 0 aliphatic rings. The second-order valence-electron chi connectivity index (χ2n) is 4.47. The smallest absolute Gasteiger partial charge is 0.147 e. The molecule has 1 aromatic carbocycles. The molecule has 1 N–H and O–H groups in total. The Bertz CT molecular complexity index is 578. The summed E-state index contributed by atoms with van der Waals surface area (Å²) in [5.41, 5.74) is 1.58. The second-order valence-corrected chi connectivity index (χ2v) is 5.70. The van der Waals surface area contributed by atoms with Crippen LogP contribution < -0.4 is 5.32 Å². The standard InChI is InChI=1S/C15H15BrClFN2/c1-19-13(8-5-10-4-2-3-9-20-10)11-6-7-12(16)14(17)15(11)18/h2-4,6-7,9,13,19H,5,8H2,1H3. The number of hydrogen-bond acceptors (Lipinski definition) is 2. The molecular formula is C15H15BrClFN2. The third-order valence-corrected chi connectivity index (χ3v) is 4.46. The molecular weight excluding hydrogens is 343 g/mol. The van der Waals surface area contributed by atoms with E-state index in [1.807, 2.05) is 25.2 Å². The van der Waals surface area contributed by atoms with Crippen LogP contribution in [0.25, 0.3) is 0 Å². The maximum atomic E-state index is 14.2. The van der Waals surface area contributed by atoms with Gasteiger partial charge in [0, 0.05) is 28.0 Å². The average molecular weight is 358 g/mol. The number of pyridine rings is 1. The number of hydrogen-bond donors (Lipinski definition) is 1. The van der Waals surface area contributed by atoms with Gasteiger partial charge in [0.15, 0.2) is 0 Å². The molecule has 1 unspecified atom stereocenters. The number of aryl methyl sites for hydroxylation is 1. The van der Waals surface area contributed by atoms with Crippen LogP contribution in [0.2, 0.25) is 5.02 Å². The summed E-state index contributed by atoms with van der Waals surface area (Å²) in [4.78, 5) is 4.28. The third-order valence-electron chi connectivity index (χ3n) is 3.20. The molecule has 2 nitrogen and oxygen atoms in total. The van der Waals surface area contributed by atoms with Crippen LogP contribution >= 0.6 is 27.5 Å². The van der Waals surface area contributed by atoms with Crippen LogP contribution in [0.5, 0.6) is 0 Å². The van der Waals surface area contributed by atoms with E-state index in [2.05, 4.69) is 26.2 Å². The Labute approximate surface area is 131 Å². The second kappa shape index (κ2) is 7.16. The van der Waals surface area contributed by atoms with Gasteiger partial charge in [-0.3, -0.25) is 4.98 Å². The zero-order valence-electron chi connectivity index (χ0n) is 11.0. The van der Waals surface area contributed by atoms with Crippen molar-refractivity contribution in [2.75, 3.05) is 7.05 Å². The fourth-order valence-electron chi connectivity index (χ4n) is 2.10. The highest BCUT2D eigenvalue weighted by Gasteiger charge is 2.17. The first-order chi connectivity index (χ1) is 9.63. The van der Waals surface area contributed by atoms with Gasteiger partial charge in [0.2, 0.25) is 0 Å². The van der Waals surface area contributed by atoms with E-state index >= 15 is 0 Å². The topological polar surface area (TPSA) is 24.9 Å². The zero-order chi connectivity index (χ0) is 14.5. The fraction of sp³-hybridized carbons (Fsp3) is 0.267. The van der Waals surface area contributed by atoms with Gasteiger partial charge in [-0.15, -0.1) is 0 Å². The van der Waals surface area contributed by atoms with Gasteiger partial charge in [0.1, 0.15) is 5.82 Å². The number of nitrogens with one attached hydrogen (secondary N) is 1. The lowest BCUT2D eigenvalue weighted by Gasteiger charge is -2.18. The Hall–Kier alpha value is -0.970. The van der Waals surface area contributed by atoms with Crippen LogP contribution in [0.4, 0.5) is 4.39 Å². The lowest BCUT2D eigenvalue weighted by Crippen LogP contribution is -2.18. The Balaban J connectivity index is 2.15. The van der Waals surface area contributed by atoms with Crippen molar-refractivity contribution in [1.29, 1.82) is 0 Å². The molecule has 0 aliphatic carbocycles. The monoisotopic (exact) mass is 356 g/mol. The summed E-state index contributed by atoms with van der Waals surface area (Å²) in [6.45, 7) is 0. The molecule has 1 atom stereocenters. The molecule has 0 radical (unpaired) electrons. The quantitative estimate of drug-likeness (QED) is 0.795. The maximum absolute atomic E-state index is 14.2. The van der Waals surface area contributed by atoms with Crippen LogP contribution in [0.15, 0.2) is 41.0 Å². The molecule has 2 rings (SSSR count). The molecule has 20 heavy (non-hydrogen) atoms. The van der Waals surface area contributed by atoms with E-state index in [4.69, 9.17) is 11.6 Å². The van der Waals surface area contributed by atoms with E-state index in [0.717, 1.165) is 18.5 Å². The summed E-state index contributed by atoms with van der Waals surface area (Å²) in [7, 11) is 1.82. The van der Waals surface area contributed by atoms with Crippen molar-refractivity contribution in [1.82, 2.24) is 10.3 Å². The molecule has 1 aromatic heterocycles. The first-order valence-corrected chi connectivity index (χ1v) is 7.51. The van der Waals surface area contributed by atoms with Gasteiger partial charge in [0.05, 0.1) is 5.02 Å². The Morgan fingerprint density at radius 3 is 2.80 bits per heavy atom. The molecule has 106 valence electrons. The highest BCUT2D eigenvalue weighted by atomic mass is 79.9. The highest BCUT2D eigenvalue weighted by Crippen LogP contribution is 2.31. The number of benzene rings is 1. The van der Waals surface area contributed by atoms with Crippen LogP contribution in [0.1, 0.15) is 23.7 Å².